The highest BCUT2D eigenvalue weighted by molar-refractivity contribution is 7.98. The van der Waals surface area contributed by atoms with Crippen LogP contribution in [0.25, 0.3) is 0 Å². The van der Waals surface area contributed by atoms with Crippen molar-refractivity contribution in [2.75, 3.05) is 19.3 Å². The maximum absolute atomic E-state index is 4.65. The van der Waals surface area contributed by atoms with E-state index in [0.717, 1.165) is 18.0 Å². The van der Waals surface area contributed by atoms with E-state index in [1.807, 2.05) is 6.26 Å². The summed E-state index contributed by atoms with van der Waals surface area (Å²) in [6, 6.07) is 0.691. The molecule has 0 saturated carbocycles. The van der Waals surface area contributed by atoms with Gasteiger partial charge in [0.25, 0.3) is 0 Å². The molecular formula is C15H25N3S. The average Bonchev–Trinajstić information content (AvgIpc) is 2.46. The van der Waals surface area contributed by atoms with E-state index in [4.69, 9.17) is 0 Å². The van der Waals surface area contributed by atoms with Gasteiger partial charge in [-0.1, -0.05) is 25.6 Å². The van der Waals surface area contributed by atoms with Crippen LogP contribution in [0.5, 0.6) is 0 Å². The first-order chi connectivity index (χ1) is 9.28. The number of rotatable bonds is 6. The van der Waals surface area contributed by atoms with Gasteiger partial charge in [-0.2, -0.15) is 0 Å². The Bertz CT molecular complexity index is 402. The third-order valence-electron chi connectivity index (χ3n) is 3.82. The van der Waals surface area contributed by atoms with Gasteiger partial charge in [0.1, 0.15) is 0 Å². The van der Waals surface area contributed by atoms with Crippen molar-refractivity contribution in [2.24, 2.45) is 0 Å². The molecule has 0 aromatic carbocycles. The van der Waals surface area contributed by atoms with Crippen LogP contribution in [-0.4, -0.2) is 40.3 Å². The topological polar surface area (TPSA) is 29.0 Å². The lowest BCUT2D eigenvalue weighted by atomic mass is 9.91. The Balaban J connectivity index is 2.08. The molecule has 1 aromatic rings. The Morgan fingerprint density at radius 3 is 2.68 bits per heavy atom. The number of thioether (sulfide) groups is 1. The highest BCUT2D eigenvalue weighted by Gasteiger charge is 2.24. The summed E-state index contributed by atoms with van der Waals surface area (Å²) in [5.74, 6) is 0. The summed E-state index contributed by atoms with van der Waals surface area (Å²) in [6.45, 7) is 6.98. The number of aryl methyl sites for hydroxylation is 1. The summed E-state index contributed by atoms with van der Waals surface area (Å²) >= 11 is 1.63. The number of fused-ring (bicyclic) bond motifs is 1. The SMILES string of the molecule is CCCN(CCC)C1CCc2nc(SC)ncc2C1. The number of nitrogens with zero attached hydrogens (tertiary/aromatic N) is 3. The van der Waals surface area contributed by atoms with Gasteiger partial charge in [0, 0.05) is 17.9 Å². The minimum absolute atomic E-state index is 0.691. The van der Waals surface area contributed by atoms with Crippen LogP contribution in [0.2, 0.25) is 0 Å². The molecule has 1 aliphatic carbocycles. The zero-order valence-electron chi connectivity index (χ0n) is 12.4. The predicted octanol–water partition coefficient (Wildman–Crippen LogP) is 3.18. The first-order valence-corrected chi connectivity index (χ1v) is 8.63. The second-order valence-corrected chi connectivity index (χ2v) is 6.03. The molecule has 1 aliphatic rings. The standard InChI is InChI=1S/C15H25N3S/c1-4-8-18(9-5-2)13-6-7-14-12(10-13)11-16-15(17-14)19-3/h11,13H,4-10H2,1-3H3. The van der Waals surface area contributed by atoms with Gasteiger partial charge in [-0.05, 0) is 57.0 Å². The molecule has 1 heterocycles. The molecule has 3 nitrogen and oxygen atoms in total. The summed E-state index contributed by atoms with van der Waals surface area (Å²) in [5, 5.41) is 0.913. The van der Waals surface area contributed by atoms with E-state index in [9.17, 15) is 0 Å². The van der Waals surface area contributed by atoms with Crippen LogP contribution in [-0.2, 0) is 12.8 Å². The maximum Gasteiger partial charge on any atom is 0.187 e. The molecule has 0 fully saturated rings. The monoisotopic (exact) mass is 279 g/mol. The summed E-state index contributed by atoms with van der Waals surface area (Å²) in [5.41, 5.74) is 2.65. The molecular weight excluding hydrogens is 254 g/mol. The highest BCUT2D eigenvalue weighted by Crippen LogP contribution is 2.24. The number of hydrogen-bond donors (Lipinski definition) is 0. The molecule has 2 rings (SSSR count). The molecule has 0 N–H and O–H groups in total. The minimum Gasteiger partial charge on any atom is -0.300 e. The van der Waals surface area contributed by atoms with Crippen LogP contribution in [0.15, 0.2) is 11.4 Å². The Hall–Kier alpha value is -0.610. The fourth-order valence-electron chi connectivity index (χ4n) is 2.93. The Kier molecular flexibility index (Phi) is 5.64. The molecule has 0 radical (unpaired) electrons. The summed E-state index contributed by atoms with van der Waals surface area (Å²) in [4.78, 5) is 11.7. The third kappa shape index (κ3) is 3.69. The van der Waals surface area contributed by atoms with Crippen LogP contribution in [0.4, 0.5) is 0 Å². The van der Waals surface area contributed by atoms with Crippen molar-refractivity contribution in [3.05, 3.63) is 17.5 Å². The normalized spacial score (nSPS) is 18.6. The Labute approximate surface area is 121 Å². The molecule has 0 aliphatic heterocycles. The third-order valence-corrected chi connectivity index (χ3v) is 4.38. The molecule has 0 amide bonds. The molecule has 1 atom stereocenters. The number of hydrogen-bond acceptors (Lipinski definition) is 4. The van der Waals surface area contributed by atoms with E-state index in [1.165, 1.54) is 43.6 Å². The van der Waals surface area contributed by atoms with Gasteiger partial charge in [0.15, 0.2) is 5.16 Å². The second kappa shape index (κ2) is 7.25. The van der Waals surface area contributed by atoms with E-state index in [1.54, 1.807) is 11.8 Å². The molecule has 0 bridgehead atoms. The lowest BCUT2D eigenvalue weighted by Gasteiger charge is -2.34. The van der Waals surface area contributed by atoms with E-state index in [0.29, 0.717) is 6.04 Å². The minimum atomic E-state index is 0.691. The van der Waals surface area contributed by atoms with Crippen LogP contribution < -0.4 is 0 Å². The van der Waals surface area contributed by atoms with Crippen molar-refractivity contribution in [1.82, 2.24) is 14.9 Å². The largest absolute Gasteiger partial charge is 0.300 e. The van der Waals surface area contributed by atoms with E-state index >= 15 is 0 Å². The molecule has 1 unspecified atom stereocenters. The van der Waals surface area contributed by atoms with E-state index in [-0.39, 0.29) is 0 Å². The molecule has 1 aromatic heterocycles. The fraction of sp³-hybridized carbons (Fsp3) is 0.733. The van der Waals surface area contributed by atoms with Crippen molar-refractivity contribution in [3.8, 4) is 0 Å². The van der Waals surface area contributed by atoms with Crippen molar-refractivity contribution < 1.29 is 0 Å². The zero-order chi connectivity index (χ0) is 13.7. The smallest absolute Gasteiger partial charge is 0.187 e. The fourth-order valence-corrected chi connectivity index (χ4v) is 3.29. The molecule has 0 saturated heterocycles. The van der Waals surface area contributed by atoms with E-state index in [2.05, 4.69) is 34.9 Å². The molecule has 4 heteroatoms. The summed E-state index contributed by atoms with van der Waals surface area (Å²) in [6.07, 6.45) is 10.1. The maximum atomic E-state index is 4.65. The van der Waals surface area contributed by atoms with Crippen LogP contribution in [0, 0.1) is 0 Å². The van der Waals surface area contributed by atoms with E-state index < -0.39 is 0 Å². The second-order valence-electron chi connectivity index (χ2n) is 5.26. The summed E-state index contributed by atoms with van der Waals surface area (Å²) < 4.78 is 0. The van der Waals surface area contributed by atoms with Gasteiger partial charge in [-0.15, -0.1) is 0 Å². The van der Waals surface area contributed by atoms with Gasteiger partial charge in [0.05, 0.1) is 0 Å². The van der Waals surface area contributed by atoms with Gasteiger partial charge >= 0.3 is 0 Å². The Morgan fingerprint density at radius 1 is 1.32 bits per heavy atom. The molecule has 106 valence electrons. The Morgan fingerprint density at radius 2 is 2.05 bits per heavy atom. The van der Waals surface area contributed by atoms with Gasteiger partial charge in [-0.25, -0.2) is 9.97 Å². The lowest BCUT2D eigenvalue weighted by Crippen LogP contribution is -2.40. The molecule has 19 heavy (non-hydrogen) atoms. The first-order valence-electron chi connectivity index (χ1n) is 7.41. The van der Waals surface area contributed by atoms with Gasteiger partial charge in [-0.3, -0.25) is 0 Å². The van der Waals surface area contributed by atoms with Gasteiger partial charge < -0.3 is 4.90 Å². The first kappa shape index (κ1) is 14.8. The van der Waals surface area contributed by atoms with Crippen molar-refractivity contribution in [1.29, 1.82) is 0 Å². The van der Waals surface area contributed by atoms with Crippen LogP contribution >= 0.6 is 11.8 Å². The van der Waals surface area contributed by atoms with Crippen molar-refractivity contribution >= 4 is 11.8 Å². The quantitative estimate of drug-likeness (QED) is 0.591. The van der Waals surface area contributed by atoms with Gasteiger partial charge in [0.2, 0.25) is 0 Å². The summed E-state index contributed by atoms with van der Waals surface area (Å²) in [7, 11) is 0. The molecule has 0 spiro atoms. The number of aromatic nitrogens is 2. The van der Waals surface area contributed by atoms with Crippen molar-refractivity contribution in [2.45, 2.75) is 57.1 Å². The van der Waals surface area contributed by atoms with Crippen LogP contribution in [0.1, 0.15) is 44.4 Å². The van der Waals surface area contributed by atoms with Crippen LogP contribution in [0.3, 0.4) is 0 Å². The zero-order valence-corrected chi connectivity index (χ0v) is 13.2. The predicted molar refractivity (Wildman–Crippen MR) is 81.8 cm³/mol. The lowest BCUT2D eigenvalue weighted by molar-refractivity contribution is 0.179. The van der Waals surface area contributed by atoms with Crippen molar-refractivity contribution in [3.63, 3.8) is 0 Å². The average molecular weight is 279 g/mol. The highest BCUT2D eigenvalue weighted by atomic mass is 32.2.